The summed E-state index contributed by atoms with van der Waals surface area (Å²) in [6.07, 6.45) is 3.62. The van der Waals surface area contributed by atoms with Gasteiger partial charge in [0.2, 0.25) is 19.7 Å². The molecule has 0 bridgehead atoms. The molecule has 0 aliphatic heterocycles. The first kappa shape index (κ1) is 25.5. The molecule has 1 saturated carbocycles. The van der Waals surface area contributed by atoms with Crippen molar-refractivity contribution in [3.63, 3.8) is 0 Å². The molecule has 2 aromatic carbocycles. The van der Waals surface area contributed by atoms with Crippen LogP contribution in [0.25, 0.3) is 0 Å². The van der Waals surface area contributed by atoms with Crippen LogP contribution in [0.5, 0.6) is 0 Å². The zero-order valence-electron chi connectivity index (χ0n) is 22.4. The van der Waals surface area contributed by atoms with E-state index < -0.39 is 30.5 Å². The van der Waals surface area contributed by atoms with E-state index in [9.17, 15) is 16.8 Å². The van der Waals surface area contributed by atoms with Crippen molar-refractivity contribution in [3.05, 3.63) is 81.6 Å². The minimum absolute atomic E-state index is 0.0746. The van der Waals surface area contributed by atoms with Gasteiger partial charge in [-0.2, -0.15) is 0 Å². The van der Waals surface area contributed by atoms with Crippen molar-refractivity contribution in [2.75, 3.05) is 0 Å². The third-order valence-corrected chi connectivity index (χ3v) is 12.6. The van der Waals surface area contributed by atoms with Crippen molar-refractivity contribution in [2.24, 2.45) is 22.7 Å². The van der Waals surface area contributed by atoms with Gasteiger partial charge >= 0.3 is 0 Å². The summed E-state index contributed by atoms with van der Waals surface area (Å²) in [5.41, 5.74) is 0.928. The molecule has 1 fully saturated rings. The van der Waals surface area contributed by atoms with Gasteiger partial charge in [-0.1, -0.05) is 91.8 Å². The van der Waals surface area contributed by atoms with Crippen LogP contribution < -0.4 is 0 Å². The van der Waals surface area contributed by atoms with Gasteiger partial charge in [-0.3, -0.25) is 0 Å². The van der Waals surface area contributed by atoms with E-state index in [1.807, 2.05) is 50.3 Å². The highest BCUT2D eigenvalue weighted by molar-refractivity contribution is 7.96. The molecule has 0 radical (unpaired) electrons. The fourth-order valence-electron chi connectivity index (χ4n) is 6.26. The Morgan fingerprint density at radius 1 is 0.583 bits per heavy atom. The van der Waals surface area contributed by atoms with E-state index in [4.69, 9.17) is 0 Å². The predicted octanol–water partition coefficient (Wildman–Crippen LogP) is 6.58. The highest BCUT2D eigenvalue weighted by Crippen LogP contribution is 2.82. The second kappa shape index (κ2) is 7.22. The Labute approximate surface area is 216 Å². The Morgan fingerprint density at radius 3 is 1.14 bits per heavy atom. The lowest BCUT2D eigenvalue weighted by atomic mass is 9.79. The monoisotopic (exact) mass is 524 g/mol. The van der Waals surface area contributed by atoms with E-state index in [0.717, 1.165) is 11.1 Å². The van der Waals surface area contributed by atoms with Gasteiger partial charge in [0.25, 0.3) is 0 Å². The lowest BCUT2D eigenvalue weighted by molar-refractivity contribution is 0.332. The van der Waals surface area contributed by atoms with Crippen LogP contribution in [0.15, 0.2) is 80.3 Å². The maximum atomic E-state index is 13.8. The lowest BCUT2D eigenvalue weighted by Crippen LogP contribution is -2.18. The molecule has 3 aliphatic rings. The van der Waals surface area contributed by atoms with Crippen molar-refractivity contribution in [1.29, 1.82) is 0 Å². The van der Waals surface area contributed by atoms with Gasteiger partial charge in [-0.25, -0.2) is 16.8 Å². The molecule has 6 heteroatoms. The molecule has 0 spiro atoms. The van der Waals surface area contributed by atoms with Crippen LogP contribution in [-0.4, -0.2) is 16.8 Å². The Kier molecular flexibility index (Phi) is 5.11. The molecule has 2 atom stereocenters. The number of hydrogen-bond donors (Lipinski definition) is 0. The Bertz CT molecular complexity index is 1410. The summed E-state index contributed by atoms with van der Waals surface area (Å²) in [4.78, 5) is 1.27. The Hall–Kier alpha value is -2.18. The fourth-order valence-corrected chi connectivity index (χ4v) is 10.0. The standard InChI is InChI=1S/C30H36O4S2/c1-27(2,3)19-9-13-21(14-10-19)35(31,32)23-17-29(7)18-24(26-25(23)30(26,29)8)36(33,34)22-15-11-20(12-16-22)28(4,5)6/h9-18,25-26H,1-8H3/t25-,26-,29?,30?/m0/s1. The molecule has 5 rings (SSSR count). The average molecular weight is 525 g/mol. The minimum Gasteiger partial charge on any atom is -0.219 e. The Balaban J connectivity index is 1.49. The number of benzene rings is 2. The zero-order chi connectivity index (χ0) is 26.7. The van der Waals surface area contributed by atoms with Crippen LogP contribution in [0.1, 0.15) is 66.5 Å². The van der Waals surface area contributed by atoms with Gasteiger partial charge in [0.1, 0.15) is 0 Å². The molecule has 192 valence electrons. The van der Waals surface area contributed by atoms with E-state index in [1.165, 1.54) is 0 Å². The number of sulfone groups is 2. The van der Waals surface area contributed by atoms with E-state index in [0.29, 0.717) is 9.81 Å². The molecule has 3 aliphatic carbocycles. The summed E-state index contributed by atoms with van der Waals surface area (Å²) in [5.74, 6) is -0.642. The van der Waals surface area contributed by atoms with Crippen molar-refractivity contribution < 1.29 is 16.8 Å². The maximum Gasteiger partial charge on any atom is 0.202 e. The number of allylic oxidation sites excluding steroid dienone is 4. The quantitative estimate of drug-likeness (QED) is 0.453. The first-order chi connectivity index (χ1) is 16.3. The second-order valence-electron chi connectivity index (χ2n) is 13.2. The largest absolute Gasteiger partial charge is 0.219 e. The van der Waals surface area contributed by atoms with Crippen LogP contribution in [-0.2, 0) is 30.5 Å². The molecule has 0 heterocycles. The third-order valence-electron chi connectivity index (χ3n) is 8.86. The molecule has 2 aromatic rings. The van der Waals surface area contributed by atoms with Crippen LogP contribution in [0.4, 0.5) is 0 Å². The molecular formula is C30H36O4S2. The summed E-state index contributed by atoms with van der Waals surface area (Å²) < 4.78 is 55.0. The van der Waals surface area contributed by atoms with Crippen molar-refractivity contribution >= 4 is 19.7 Å². The minimum atomic E-state index is -3.73. The summed E-state index contributed by atoms with van der Waals surface area (Å²) in [7, 11) is -7.47. The topological polar surface area (TPSA) is 68.3 Å². The first-order valence-electron chi connectivity index (χ1n) is 12.5. The molecule has 0 saturated heterocycles. The SMILES string of the molecule is CC(C)(C)c1ccc(S(=O)(=O)C2=CC3(C)C=C(S(=O)(=O)c4ccc(C(C)(C)C)cc4)[C@H]4[C@H]2C43C)cc1. The van der Waals surface area contributed by atoms with E-state index >= 15 is 0 Å². The summed E-state index contributed by atoms with van der Waals surface area (Å²) >= 11 is 0. The van der Waals surface area contributed by atoms with Crippen molar-refractivity contribution in [3.8, 4) is 0 Å². The Morgan fingerprint density at radius 2 is 0.889 bits per heavy atom. The summed E-state index contributed by atoms with van der Waals surface area (Å²) in [5, 5.41) is 0. The molecule has 0 amide bonds. The number of fused-ring (bicyclic) bond motifs is 1. The first-order valence-corrected chi connectivity index (χ1v) is 15.5. The molecule has 4 nitrogen and oxygen atoms in total. The van der Waals surface area contributed by atoms with Gasteiger partial charge in [-0.05, 0) is 51.6 Å². The van der Waals surface area contributed by atoms with Crippen molar-refractivity contribution in [2.45, 2.75) is 76.0 Å². The molecular weight excluding hydrogens is 488 g/mol. The van der Waals surface area contributed by atoms with Gasteiger partial charge in [0.15, 0.2) is 0 Å². The van der Waals surface area contributed by atoms with Crippen LogP contribution in [0, 0.1) is 22.7 Å². The van der Waals surface area contributed by atoms with E-state index in [-0.39, 0.29) is 32.5 Å². The smallest absolute Gasteiger partial charge is 0.202 e. The summed E-state index contributed by atoms with van der Waals surface area (Å²) in [6, 6.07) is 14.2. The molecule has 36 heavy (non-hydrogen) atoms. The number of rotatable bonds is 4. The third kappa shape index (κ3) is 3.36. The normalized spacial score (nSPS) is 29.6. The molecule has 0 N–H and O–H groups in total. The van der Waals surface area contributed by atoms with Crippen LogP contribution in [0.2, 0.25) is 0 Å². The fraction of sp³-hybridized carbons (Fsp3) is 0.467. The van der Waals surface area contributed by atoms with Crippen LogP contribution in [0.3, 0.4) is 0 Å². The number of hydrogen-bond acceptors (Lipinski definition) is 4. The highest BCUT2D eigenvalue weighted by Gasteiger charge is 2.80. The van der Waals surface area contributed by atoms with E-state index in [1.54, 1.807) is 24.3 Å². The van der Waals surface area contributed by atoms with Gasteiger partial charge < -0.3 is 0 Å². The second-order valence-corrected chi connectivity index (χ2v) is 17.1. The predicted molar refractivity (Wildman–Crippen MR) is 144 cm³/mol. The maximum absolute atomic E-state index is 13.8. The summed E-state index contributed by atoms with van der Waals surface area (Å²) in [6.45, 7) is 16.6. The van der Waals surface area contributed by atoms with Gasteiger partial charge in [0.05, 0.1) is 19.6 Å². The molecule has 0 aromatic heterocycles. The molecule has 0 unspecified atom stereocenters. The zero-order valence-corrected chi connectivity index (χ0v) is 24.0. The van der Waals surface area contributed by atoms with E-state index in [2.05, 4.69) is 41.5 Å². The highest BCUT2D eigenvalue weighted by atomic mass is 32.2. The van der Waals surface area contributed by atoms with Gasteiger partial charge in [-0.15, -0.1) is 0 Å². The average Bonchev–Trinajstić information content (AvgIpc) is 3.29. The van der Waals surface area contributed by atoms with Crippen LogP contribution >= 0.6 is 0 Å². The lowest BCUT2D eigenvalue weighted by Gasteiger charge is -2.24. The van der Waals surface area contributed by atoms with Gasteiger partial charge in [0, 0.05) is 17.3 Å². The van der Waals surface area contributed by atoms with Crippen molar-refractivity contribution in [1.82, 2.24) is 0 Å².